The number of amides is 1. The molecule has 0 spiro atoms. The highest BCUT2D eigenvalue weighted by atomic mass is 35.5. The number of nitro benzene ring substituents is 1. The second-order valence-electron chi connectivity index (χ2n) is 4.51. The molecule has 1 saturated heterocycles. The quantitative estimate of drug-likeness (QED) is 0.495. The molecule has 2 rings (SSSR count). The predicted octanol–water partition coefficient (Wildman–Crippen LogP) is 1.40. The molecule has 1 aliphatic rings. The fourth-order valence-corrected chi connectivity index (χ4v) is 2.40. The summed E-state index contributed by atoms with van der Waals surface area (Å²) in [5.74, 6) is 4.92. The van der Waals surface area contributed by atoms with Gasteiger partial charge < -0.3 is 15.1 Å². The van der Waals surface area contributed by atoms with Crippen LogP contribution in [0.4, 0.5) is 11.4 Å². The van der Waals surface area contributed by atoms with Gasteiger partial charge in [0.25, 0.3) is 11.6 Å². The van der Waals surface area contributed by atoms with Gasteiger partial charge in [0, 0.05) is 31.3 Å². The number of anilines is 1. The van der Waals surface area contributed by atoms with Gasteiger partial charge in [-0.1, -0.05) is 11.6 Å². The number of benzene rings is 1. The number of hydrazine groups is 1. The lowest BCUT2D eigenvalue weighted by atomic mass is 10.1. The molecule has 3 N–H and O–H groups in total. The maximum atomic E-state index is 12.4. The Labute approximate surface area is 125 Å². The van der Waals surface area contributed by atoms with Crippen molar-refractivity contribution in [1.82, 2.24) is 4.90 Å². The number of rotatable bonds is 3. The lowest BCUT2D eigenvalue weighted by Gasteiger charge is -2.20. The summed E-state index contributed by atoms with van der Waals surface area (Å²) < 4.78 is 5.28. The average molecular weight is 315 g/mol. The first kappa shape index (κ1) is 15.5. The Balaban J connectivity index is 2.34. The van der Waals surface area contributed by atoms with Crippen LogP contribution in [0.25, 0.3) is 0 Å². The van der Waals surface area contributed by atoms with Crippen molar-refractivity contribution in [2.45, 2.75) is 6.42 Å². The molecule has 1 amide bonds. The molecule has 9 heteroatoms. The molecule has 1 heterocycles. The summed E-state index contributed by atoms with van der Waals surface area (Å²) in [7, 11) is 0. The van der Waals surface area contributed by atoms with Crippen LogP contribution < -0.4 is 11.3 Å². The maximum absolute atomic E-state index is 12.4. The standard InChI is InChI=1S/C12H15ClN4O4/c13-9-6-8(7-10(17(19)20)11(9)15-14)12(18)16-2-1-4-21-5-3-16/h6-7,15H,1-5,14H2. The first-order chi connectivity index (χ1) is 10.0. The third-order valence-corrected chi connectivity index (χ3v) is 3.46. The lowest BCUT2D eigenvalue weighted by molar-refractivity contribution is -0.384. The van der Waals surface area contributed by atoms with E-state index in [9.17, 15) is 14.9 Å². The molecule has 1 aromatic rings. The Morgan fingerprint density at radius 3 is 2.86 bits per heavy atom. The predicted molar refractivity (Wildman–Crippen MR) is 77.3 cm³/mol. The van der Waals surface area contributed by atoms with E-state index >= 15 is 0 Å². The Morgan fingerprint density at radius 1 is 1.43 bits per heavy atom. The minimum Gasteiger partial charge on any atom is -0.380 e. The number of nitrogens with zero attached hydrogens (tertiary/aromatic N) is 2. The molecule has 1 aromatic carbocycles. The van der Waals surface area contributed by atoms with E-state index in [0.29, 0.717) is 26.3 Å². The topological polar surface area (TPSA) is 111 Å². The van der Waals surface area contributed by atoms with E-state index in [1.165, 1.54) is 12.1 Å². The fourth-order valence-electron chi connectivity index (χ4n) is 2.13. The molecule has 0 saturated carbocycles. The van der Waals surface area contributed by atoms with Crippen LogP contribution >= 0.6 is 11.6 Å². The summed E-state index contributed by atoms with van der Waals surface area (Å²) in [4.78, 5) is 24.4. The van der Waals surface area contributed by atoms with E-state index < -0.39 is 4.92 Å². The molecular weight excluding hydrogens is 300 g/mol. The second kappa shape index (κ2) is 6.70. The zero-order chi connectivity index (χ0) is 15.4. The Bertz CT molecular complexity index is 558. The van der Waals surface area contributed by atoms with E-state index in [4.69, 9.17) is 22.2 Å². The van der Waals surface area contributed by atoms with Gasteiger partial charge in [0.05, 0.1) is 16.6 Å². The van der Waals surface area contributed by atoms with Crippen LogP contribution in [0.3, 0.4) is 0 Å². The summed E-state index contributed by atoms with van der Waals surface area (Å²) in [5, 5.41) is 11.1. The first-order valence-corrected chi connectivity index (χ1v) is 6.74. The van der Waals surface area contributed by atoms with Crippen LogP contribution in [0.5, 0.6) is 0 Å². The van der Waals surface area contributed by atoms with Crippen molar-refractivity contribution in [3.8, 4) is 0 Å². The molecule has 0 atom stereocenters. The van der Waals surface area contributed by atoms with Crippen molar-refractivity contribution in [2.75, 3.05) is 31.7 Å². The molecule has 0 aliphatic carbocycles. The third kappa shape index (κ3) is 3.41. The number of carbonyl (C=O) groups excluding carboxylic acids is 1. The van der Waals surface area contributed by atoms with E-state index in [1.807, 2.05) is 0 Å². The molecule has 0 bridgehead atoms. The molecule has 1 aliphatic heterocycles. The van der Waals surface area contributed by atoms with Crippen LogP contribution in [-0.4, -0.2) is 42.0 Å². The van der Waals surface area contributed by atoms with Crippen molar-refractivity contribution in [2.24, 2.45) is 5.84 Å². The van der Waals surface area contributed by atoms with Gasteiger partial charge in [-0.05, 0) is 12.5 Å². The molecule has 0 radical (unpaired) electrons. The van der Waals surface area contributed by atoms with E-state index in [1.54, 1.807) is 4.90 Å². The summed E-state index contributed by atoms with van der Waals surface area (Å²) >= 11 is 5.95. The minimum absolute atomic E-state index is 0.0163. The minimum atomic E-state index is -0.636. The zero-order valence-corrected chi connectivity index (χ0v) is 11.9. The van der Waals surface area contributed by atoms with Crippen molar-refractivity contribution >= 4 is 28.9 Å². The van der Waals surface area contributed by atoms with E-state index in [2.05, 4.69) is 5.43 Å². The van der Waals surface area contributed by atoms with Crippen LogP contribution in [0.1, 0.15) is 16.8 Å². The van der Waals surface area contributed by atoms with E-state index in [0.717, 1.165) is 6.42 Å². The number of nitrogens with one attached hydrogen (secondary N) is 1. The van der Waals surface area contributed by atoms with Gasteiger partial charge in [-0.2, -0.15) is 0 Å². The number of hydrogen-bond acceptors (Lipinski definition) is 6. The number of ether oxygens (including phenoxy) is 1. The molecule has 1 fully saturated rings. The third-order valence-electron chi connectivity index (χ3n) is 3.17. The van der Waals surface area contributed by atoms with Gasteiger partial charge in [-0.15, -0.1) is 0 Å². The Kier molecular flexibility index (Phi) is 4.94. The van der Waals surface area contributed by atoms with Gasteiger partial charge in [-0.3, -0.25) is 20.8 Å². The Morgan fingerprint density at radius 2 is 2.19 bits per heavy atom. The van der Waals surface area contributed by atoms with Crippen LogP contribution in [0.2, 0.25) is 5.02 Å². The fraction of sp³-hybridized carbons (Fsp3) is 0.417. The maximum Gasteiger partial charge on any atom is 0.295 e. The van der Waals surface area contributed by atoms with Gasteiger partial charge in [0.15, 0.2) is 0 Å². The van der Waals surface area contributed by atoms with Crippen molar-refractivity contribution in [3.63, 3.8) is 0 Å². The van der Waals surface area contributed by atoms with Crippen molar-refractivity contribution in [1.29, 1.82) is 0 Å². The van der Waals surface area contributed by atoms with Crippen LogP contribution in [0, 0.1) is 10.1 Å². The number of nitro groups is 1. The van der Waals surface area contributed by atoms with Crippen molar-refractivity contribution < 1.29 is 14.5 Å². The number of nitrogens with two attached hydrogens (primary N) is 1. The SMILES string of the molecule is NNc1c(Cl)cc(C(=O)N2CCCOCC2)cc1[N+](=O)[O-]. The molecular formula is C12H15ClN4O4. The van der Waals surface area contributed by atoms with Gasteiger partial charge in [-0.25, -0.2) is 0 Å². The summed E-state index contributed by atoms with van der Waals surface area (Å²) in [5.41, 5.74) is 1.99. The molecule has 114 valence electrons. The van der Waals surface area contributed by atoms with Crippen LogP contribution in [-0.2, 0) is 4.74 Å². The van der Waals surface area contributed by atoms with E-state index in [-0.39, 0.29) is 27.9 Å². The zero-order valence-electron chi connectivity index (χ0n) is 11.2. The van der Waals surface area contributed by atoms with Gasteiger partial charge in [0.2, 0.25) is 0 Å². The highest BCUT2D eigenvalue weighted by Crippen LogP contribution is 2.33. The monoisotopic (exact) mass is 314 g/mol. The summed E-state index contributed by atoms with van der Waals surface area (Å²) in [6, 6.07) is 2.55. The highest BCUT2D eigenvalue weighted by Gasteiger charge is 2.24. The first-order valence-electron chi connectivity index (χ1n) is 6.36. The number of hydrogen-bond donors (Lipinski definition) is 2. The lowest BCUT2D eigenvalue weighted by Crippen LogP contribution is -2.33. The molecule has 21 heavy (non-hydrogen) atoms. The number of halogens is 1. The Hall–Kier alpha value is -1.90. The highest BCUT2D eigenvalue weighted by molar-refractivity contribution is 6.34. The average Bonchev–Trinajstić information content (AvgIpc) is 2.74. The van der Waals surface area contributed by atoms with Gasteiger partial charge >= 0.3 is 0 Å². The molecule has 0 unspecified atom stereocenters. The summed E-state index contributed by atoms with van der Waals surface area (Å²) in [6.07, 6.45) is 0.726. The van der Waals surface area contributed by atoms with Crippen LogP contribution in [0.15, 0.2) is 12.1 Å². The molecule has 8 nitrogen and oxygen atoms in total. The largest absolute Gasteiger partial charge is 0.380 e. The number of carbonyl (C=O) groups is 1. The summed E-state index contributed by atoms with van der Waals surface area (Å²) in [6.45, 7) is 2.03. The molecule has 0 aromatic heterocycles. The number of nitrogen functional groups attached to an aromatic ring is 1. The smallest absolute Gasteiger partial charge is 0.295 e. The second-order valence-corrected chi connectivity index (χ2v) is 4.92. The normalized spacial score (nSPS) is 15.4. The van der Waals surface area contributed by atoms with Crippen molar-refractivity contribution in [3.05, 3.63) is 32.8 Å². The van der Waals surface area contributed by atoms with Gasteiger partial charge in [0.1, 0.15) is 5.69 Å².